The van der Waals surface area contributed by atoms with Crippen LogP contribution in [0.2, 0.25) is 0 Å². The first-order valence-corrected chi connectivity index (χ1v) is 12.0. The summed E-state index contributed by atoms with van der Waals surface area (Å²) in [6.07, 6.45) is 4.79. The smallest absolute Gasteiger partial charge is 0.263 e. The summed E-state index contributed by atoms with van der Waals surface area (Å²) in [6, 6.07) is 9.71. The second-order valence-corrected chi connectivity index (χ2v) is 9.64. The van der Waals surface area contributed by atoms with Crippen molar-refractivity contribution in [2.24, 2.45) is 0 Å². The summed E-state index contributed by atoms with van der Waals surface area (Å²) >= 11 is 2.95. The number of nitrogens with zero attached hydrogens (tertiary/aromatic N) is 3. The van der Waals surface area contributed by atoms with Gasteiger partial charge in [-0.05, 0) is 50.8 Å². The summed E-state index contributed by atoms with van der Waals surface area (Å²) in [5.74, 6) is 0.210. The molecule has 0 bridgehead atoms. The zero-order valence-corrected chi connectivity index (χ0v) is 18.9. The molecule has 1 aliphatic carbocycles. The van der Waals surface area contributed by atoms with Crippen LogP contribution < -0.4 is 10.5 Å². The largest absolute Gasteiger partial charge is 0.309 e. The van der Waals surface area contributed by atoms with Crippen molar-refractivity contribution in [1.29, 1.82) is 0 Å². The molecule has 3 aromatic rings. The van der Waals surface area contributed by atoms with Crippen molar-refractivity contribution >= 4 is 44.9 Å². The van der Waals surface area contributed by atoms with Gasteiger partial charge < -0.3 is 4.90 Å². The van der Waals surface area contributed by atoms with Crippen LogP contribution in [0.15, 0.2) is 52.9 Å². The summed E-state index contributed by atoms with van der Waals surface area (Å²) in [6.45, 7) is 8.18. The topological polar surface area (TPSA) is 55.2 Å². The van der Waals surface area contributed by atoms with Crippen molar-refractivity contribution in [2.45, 2.75) is 50.9 Å². The number of para-hydroxylation sites is 1. The fourth-order valence-electron chi connectivity index (χ4n) is 3.97. The fourth-order valence-corrected chi connectivity index (χ4v) is 6.14. The number of amides is 1. The van der Waals surface area contributed by atoms with Gasteiger partial charge in [0, 0.05) is 23.2 Å². The van der Waals surface area contributed by atoms with E-state index in [0.29, 0.717) is 11.7 Å². The average Bonchev–Trinajstić information content (AvgIpc) is 3.30. The normalized spacial score (nSPS) is 13.0. The lowest BCUT2D eigenvalue weighted by atomic mass is 10.2. The number of hydrogen-bond donors (Lipinski definition) is 0. The molecule has 0 spiro atoms. The summed E-state index contributed by atoms with van der Waals surface area (Å²) in [5, 5.41) is 1.34. The number of thioether (sulfide) groups is 1. The van der Waals surface area contributed by atoms with Crippen molar-refractivity contribution in [2.75, 3.05) is 10.7 Å². The highest BCUT2D eigenvalue weighted by atomic mass is 32.2. The third-order valence-electron chi connectivity index (χ3n) is 5.25. The Hall–Kier alpha value is -2.38. The number of anilines is 1. The van der Waals surface area contributed by atoms with Crippen LogP contribution in [0.4, 0.5) is 5.69 Å². The number of aromatic nitrogens is 2. The SMILES string of the molecule is C=CCn1c(SCC(=O)N(c2ccccc2)C(C)C)nc2sc3c(c2c1=O)CCC3. The minimum absolute atomic E-state index is 0.00521. The fraction of sp³-hybridized carbons (Fsp3) is 0.348. The molecule has 4 rings (SSSR count). The van der Waals surface area contributed by atoms with E-state index in [1.165, 1.54) is 22.2 Å². The number of hydrogen-bond acceptors (Lipinski definition) is 5. The maximum Gasteiger partial charge on any atom is 0.263 e. The van der Waals surface area contributed by atoms with Gasteiger partial charge in [-0.2, -0.15) is 0 Å². The first-order chi connectivity index (χ1) is 14.5. The Kier molecular flexibility index (Phi) is 6.11. The number of aryl methyl sites for hydroxylation is 2. The molecule has 1 amide bonds. The van der Waals surface area contributed by atoms with Gasteiger partial charge in [-0.15, -0.1) is 17.9 Å². The van der Waals surface area contributed by atoms with Crippen molar-refractivity contribution in [3.63, 3.8) is 0 Å². The average molecular weight is 440 g/mol. The minimum Gasteiger partial charge on any atom is -0.309 e. The molecule has 0 saturated heterocycles. The number of allylic oxidation sites excluding steroid dienone is 1. The van der Waals surface area contributed by atoms with Gasteiger partial charge in [-0.3, -0.25) is 14.2 Å². The Morgan fingerprint density at radius 2 is 2.10 bits per heavy atom. The number of benzene rings is 1. The number of carbonyl (C=O) groups is 1. The summed E-state index contributed by atoms with van der Waals surface area (Å²) < 4.78 is 1.65. The molecule has 7 heteroatoms. The maximum absolute atomic E-state index is 13.2. The lowest BCUT2D eigenvalue weighted by molar-refractivity contribution is -0.116. The molecule has 2 heterocycles. The monoisotopic (exact) mass is 439 g/mol. The minimum atomic E-state index is -0.0157. The maximum atomic E-state index is 13.2. The van der Waals surface area contributed by atoms with E-state index in [4.69, 9.17) is 4.98 Å². The quantitative estimate of drug-likeness (QED) is 0.305. The molecule has 5 nitrogen and oxygen atoms in total. The van der Waals surface area contributed by atoms with Crippen LogP contribution in [0.25, 0.3) is 10.2 Å². The Morgan fingerprint density at radius 3 is 2.80 bits per heavy atom. The molecule has 0 unspecified atom stereocenters. The van der Waals surface area contributed by atoms with Gasteiger partial charge in [0.1, 0.15) is 4.83 Å². The number of rotatable bonds is 7. The molecule has 30 heavy (non-hydrogen) atoms. The van der Waals surface area contributed by atoms with Crippen LogP contribution in [0.1, 0.15) is 30.7 Å². The second kappa shape index (κ2) is 8.78. The number of fused-ring (bicyclic) bond motifs is 3. The Labute approximate surface area is 184 Å². The molecule has 0 atom stereocenters. The molecule has 1 aliphatic rings. The first kappa shape index (κ1) is 20.9. The third kappa shape index (κ3) is 3.84. The van der Waals surface area contributed by atoms with Crippen LogP contribution in [0.3, 0.4) is 0 Å². The number of carbonyl (C=O) groups excluding carboxylic acids is 1. The van der Waals surface area contributed by atoms with Crippen LogP contribution >= 0.6 is 23.1 Å². The Balaban J connectivity index is 1.65. The lowest BCUT2D eigenvalue weighted by Gasteiger charge is -2.26. The standard InChI is InChI=1S/C23H25N3O2S2/c1-4-13-25-22(28)20-17-11-8-12-18(17)30-21(20)24-23(25)29-14-19(27)26(15(2)3)16-9-6-5-7-10-16/h4-7,9-10,15H,1,8,11-14H2,2-3H3. The summed E-state index contributed by atoms with van der Waals surface area (Å²) in [7, 11) is 0. The van der Waals surface area contributed by atoms with Crippen molar-refractivity contribution in [3.05, 3.63) is 63.8 Å². The third-order valence-corrected chi connectivity index (χ3v) is 7.39. The highest BCUT2D eigenvalue weighted by Gasteiger charge is 2.24. The van der Waals surface area contributed by atoms with E-state index in [-0.39, 0.29) is 23.3 Å². The van der Waals surface area contributed by atoms with E-state index in [1.54, 1.807) is 26.9 Å². The van der Waals surface area contributed by atoms with Gasteiger partial charge in [0.05, 0.1) is 11.1 Å². The zero-order chi connectivity index (χ0) is 21.3. The molecule has 0 fully saturated rings. The molecular formula is C23H25N3O2S2. The van der Waals surface area contributed by atoms with Crippen molar-refractivity contribution < 1.29 is 4.79 Å². The summed E-state index contributed by atoms with van der Waals surface area (Å²) in [5.41, 5.74) is 2.03. The van der Waals surface area contributed by atoms with Gasteiger partial charge >= 0.3 is 0 Å². The highest BCUT2D eigenvalue weighted by molar-refractivity contribution is 7.99. The molecule has 1 aromatic carbocycles. The van der Waals surface area contributed by atoms with Gasteiger partial charge in [-0.1, -0.05) is 36.0 Å². The highest BCUT2D eigenvalue weighted by Crippen LogP contribution is 2.35. The van der Waals surface area contributed by atoms with Gasteiger partial charge in [0.15, 0.2) is 5.16 Å². The van der Waals surface area contributed by atoms with E-state index in [9.17, 15) is 9.59 Å². The van der Waals surface area contributed by atoms with E-state index >= 15 is 0 Å². The van der Waals surface area contributed by atoms with Crippen molar-refractivity contribution in [3.8, 4) is 0 Å². The van der Waals surface area contributed by atoms with Gasteiger partial charge in [-0.25, -0.2) is 4.98 Å². The van der Waals surface area contributed by atoms with E-state index < -0.39 is 0 Å². The molecule has 0 aliphatic heterocycles. The van der Waals surface area contributed by atoms with E-state index in [1.807, 2.05) is 44.2 Å². The first-order valence-electron chi connectivity index (χ1n) is 10.2. The van der Waals surface area contributed by atoms with Crippen molar-refractivity contribution in [1.82, 2.24) is 9.55 Å². The van der Waals surface area contributed by atoms with Gasteiger partial charge in [0.2, 0.25) is 5.91 Å². The van der Waals surface area contributed by atoms with E-state index in [2.05, 4.69) is 6.58 Å². The van der Waals surface area contributed by atoms with Crippen LogP contribution in [0, 0.1) is 0 Å². The molecular weight excluding hydrogens is 414 g/mol. The molecule has 156 valence electrons. The number of thiophene rings is 1. The van der Waals surface area contributed by atoms with Crippen LogP contribution in [0.5, 0.6) is 0 Å². The Morgan fingerprint density at radius 1 is 1.33 bits per heavy atom. The predicted molar refractivity (Wildman–Crippen MR) is 126 cm³/mol. The predicted octanol–water partition coefficient (Wildman–Crippen LogP) is 4.67. The van der Waals surface area contributed by atoms with E-state index in [0.717, 1.165) is 35.2 Å². The van der Waals surface area contributed by atoms with Crippen LogP contribution in [-0.2, 0) is 24.2 Å². The molecule has 2 aromatic heterocycles. The zero-order valence-electron chi connectivity index (χ0n) is 17.3. The summed E-state index contributed by atoms with van der Waals surface area (Å²) in [4.78, 5) is 35.0. The van der Waals surface area contributed by atoms with Crippen LogP contribution in [-0.4, -0.2) is 27.3 Å². The molecule has 0 saturated carbocycles. The van der Waals surface area contributed by atoms with Gasteiger partial charge in [0.25, 0.3) is 5.56 Å². The molecule has 0 N–H and O–H groups in total. The second-order valence-electron chi connectivity index (χ2n) is 7.62. The molecule has 0 radical (unpaired) electrons. The lowest BCUT2D eigenvalue weighted by Crippen LogP contribution is -2.38. The Bertz CT molecular complexity index is 1150.